The maximum absolute atomic E-state index is 11.3. The summed E-state index contributed by atoms with van der Waals surface area (Å²) in [5.41, 5.74) is 42.6. The fraction of sp³-hybridized carbons (Fsp3) is 0.390. The lowest BCUT2D eigenvalue weighted by Gasteiger charge is -2.37. The minimum absolute atomic E-state index is 0.277. The number of aryl methyl sites for hydroxylation is 2. The highest BCUT2D eigenvalue weighted by molar-refractivity contribution is 7.90. The quantitative estimate of drug-likeness (QED) is 0.0944. The molecule has 3 atom stereocenters. The fourth-order valence-corrected chi connectivity index (χ4v) is 11.9. The summed E-state index contributed by atoms with van der Waals surface area (Å²) >= 11 is 0. The van der Waals surface area contributed by atoms with E-state index in [4.69, 9.17) is 28.7 Å². The van der Waals surface area contributed by atoms with E-state index in [1.807, 2.05) is 85.5 Å². The third kappa shape index (κ3) is 15.9. The first-order valence-electron chi connectivity index (χ1n) is 27.1. The van der Waals surface area contributed by atoms with Gasteiger partial charge < -0.3 is 57.7 Å². The van der Waals surface area contributed by atoms with Gasteiger partial charge in [-0.1, -0.05) is 13.2 Å². The van der Waals surface area contributed by atoms with Gasteiger partial charge in [0.25, 0.3) is 0 Å². The highest BCUT2D eigenvalue weighted by Crippen LogP contribution is 2.39. The van der Waals surface area contributed by atoms with Gasteiger partial charge in [-0.05, 0) is 106 Å². The number of nitrogens with zero attached hydrogens (tertiary/aromatic N) is 13. The molecule has 11 heterocycles. The van der Waals surface area contributed by atoms with Crippen LogP contribution in [0.4, 0.5) is 45.5 Å². The van der Waals surface area contributed by atoms with E-state index >= 15 is 0 Å². The molecule has 0 saturated carbocycles. The van der Waals surface area contributed by atoms with E-state index in [-0.39, 0.29) is 5.92 Å². The first-order chi connectivity index (χ1) is 38.3. The number of likely N-dealkylation sites (tertiary alicyclic amines) is 1. The van der Waals surface area contributed by atoms with Crippen LogP contribution in [0.25, 0.3) is 11.4 Å². The number of rotatable bonds is 9. The molecule has 4 aliphatic heterocycles. The maximum Gasteiger partial charge on any atom is 0.147 e. The Kier molecular flexibility index (Phi) is 20.4. The van der Waals surface area contributed by atoms with Gasteiger partial charge >= 0.3 is 0 Å². The Balaban J connectivity index is 0.000000145. The largest absolute Gasteiger partial charge is 0.396 e. The molecular weight excluding hydrogens is 1020 g/mol. The number of pyridine rings is 5. The molecule has 7 aromatic heterocycles. The number of aromatic nitrogens is 8. The van der Waals surface area contributed by atoms with Crippen molar-refractivity contribution in [1.29, 1.82) is 0 Å². The van der Waals surface area contributed by atoms with E-state index in [1.54, 1.807) is 60.5 Å². The molecule has 10 N–H and O–H groups in total. The monoisotopic (exact) mass is 1110 g/mol. The predicted molar refractivity (Wildman–Crippen MR) is 327 cm³/mol. The van der Waals surface area contributed by atoms with E-state index in [1.165, 1.54) is 36.9 Å². The van der Waals surface area contributed by atoms with E-state index in [9.17, 15) is 8.42 Å². The zero-order chi connectivity index (χ0) is 57.5. The molecule has 4 saturated heterocycles. The van der Waals surface area contributed by atoms with Gasteiger partial charge in [-0.3, -0.25) is 24.9 Å². The van der Waals surface area contributed by atoms with Gasteiger partial charge in [-0.2, -0.15) is 5.10 Å². The van der Waals surface area contributed by atoms with Crippen LogP contribution < -0.4 is 43.4 Å². The van der Waals surface area contributed by atoms with Crippen molar-refractivity contribution in [1.82, 2.24) is 49.1 Å². The van der Waals surface area contributed by atoms with Gasteiger partial charge in [0.05, 0.1) is 99.3 Å². The molecule has 0 aliphatic carbocycles. The summed E-state index contributed by atoms with van der Waals surface area (Å²) in [4.78, 5) is 31.3. The first kappa shape index (κ1) is 59.3. The molecule has 7 aromatic rings. The summed E-state index contributed by atoms with van der Waals surface area (Å²) in [6.07, 6.45) is 27.7. The zero-order valence-corrected chi connectivity index (χ0v) is 48.2. The number of fused-ring (bicyclic) bond motifs is 1. The Morgan fingerprint density at radius 2 is 1.11 bits per heavy atom. The number of nitrogen functional groups attached to an aromatic ring is 5. The average molecular weight is 1110 g/mol. The molecular formula is C59H82N18O2S. The van der Waals surface area contributed by atoms with Crippen LogP contribution in [0.2, 0.25) is 0 Å². The highest BCUT2D eigenvalue weighted by atomic mass is 32.2. The molecule has 0 aromatic carbocycles. The summed E-state index contributed by atoms with van der Waals surface area (Å²) in [5.74, 6) is 2.44. The molecule has 80 heavy (non-hydrogen) atoms. The Hall–Kier alpha value is -8.33. The van der Waals surface area contributed by atoms with Crippen LogP contribution in [0.5, 0.6) is 0 Å². The van der Waals surface area contributed by atoms with Gasteiger partial charge in [0.2, 0.25) is 0 Å². The summed E-state index contributed by atoms with van der Waals surface area (Å²) in [5, 5.41) is 4.25. The second-order valence-corrected chi connectivity index (χ2v) is 23.4. The average Bonchev–Trinajstić information content (AvgIpc) is 4.16. The van der Waals surface area contributed by atoms with Crippen LogP contribution >= 0.6 is 0 Å². The molecule has 11 rings (SSSR count). The molecule has 20 nitrogen and oxygen atoms in total. The Labute approximate surface area is 472 Å². The number of anilines is 8. The van der Waals surface area contributed by atoms with Crippen LogP contribution in [-0.4, -0.2) is 136 Å². The molecule has 0 spiro atoms. The van der Waals surface area contributed by atoms with Crippen molar-refractivity contribution < 1.29 is 8.42 Å². The van der Waals surface area contributed by atoms with E-state index in [2.05, 4.69) is 88.8 Å². The molecule has 426 valence electrons. The molecule has 21 heteroatoms. The Bertz CT molecular complexity index is 3240. The lowest BCUT2D eigenvalue weighted by atomic mass is 9.87. The molecule has 1 unspecified atom stereocenters. The summed E-state index contributed by atoms with van der Waals surface area (Å²) in [6, 6.07) is 15.6. The smallest absolute Gasteiger partial charge is 0.147 e. The van der Waals surface area contributed by atoms with Gasteiger partial charge in [0.15, 0.2) is 0 Å². The van der Waals surface area contributed by atoms with Crippen LogP contribution in [0.15, 0.2) is 147 Å². The van der Waals surface area contributed by atoms with Crippen LogP contribution in [0.3, 0.4) is 0 Å². The van der Waals surface area contributed by atoms with Gasteiger partial charge in [-0.15, -0.1) is 0 Å². The van der Waals surface area contributed by atoms with Crippen LogP contribution in [0.1, 0.15) is 43.5 Å². The lowest BCUT2D eigenvalue weighted by molar-refractivity contribution is 0.353. The minimum Gasteiger partial charge on any atom is -0.396 e. The maximum atomic E-state index is 11.3. The molecule has 4 aliphatic rings. The van der Waals surface area contributed by atoms with Gasteiger partial charge in [0, 0.05) is 146 Å². The first-order valence-corrected chi connectivity index (χ1v) is 29.2. The van der Waals surface area contributed by atoms with E-state index < -0.39 is 9.84 Å². The third-order valence-corrected chi connectivity index (χ3v) is 16.2. The topological polar surface area (TPSA) is 268 Å². The van der Waals surface area contributed by atoms with Crippen molar-refractivity contribution in [3.05, 3.63) is 159 Å². The number of hydrogen-bond acceptors (Lipinski definition) is 18. The number of sulfone groups is 1. The van der Waals surface area contributed by atoms with Crippen molar-refractivity contribution in [2.75, 3.05) is 122 Å². The standard InChI is InChI=1S/C14H20N4.C14H22N4.C12H19N3O2S.C10H11N3.C9H10N4/c1-10-12-9-18(6-4-11(12)8-17(10)2)14-3-5-16-7-13(14)15;1-11(17(2)3)12-5-4-8-18(10-12)14-6-7-16-9-13(14)15;1-18(16,17)9-10-3-6-15(7-4-10)12-2-5-14-8-11(12)13;1-8-3-2-6-13(8)10-4-5-12-7-9(10)11;1-7-3-5-13(12-7)9-2-4-11-6-8(9)10/h3,5,7,11-12H,1,4,6,8-9,15H2,2H3;6-7,9,12H,1,4-5,8,10,15H2,2-3H3;2,5,8,10H,3-4,6-7,9,13H2,1H3;2-7H,11H2,1H3;2-6H,10H2,1H3/t11-,12+;;;;/m0..../s1. The predicted octanol–water partition coefficient (Wildman–Crippen LogP) is 7.37. The van der Waals surface area contributed by atoms with Crippen molar-refractivity contribution in [2.45, 2.75) is 46.0 Å². The zero-order valence-electron chi connectivity index (χ0n) is 47.4. The third-order valence-electron chi connectivity index (χ3n) is 15.1. The normalized spacial score (nSPS) is 18.0. The van der Waals surface area contributed by atoms with Crippen molar-refractivity contribution in [3.8, 4) is 11.4 Å². The number of piperidine rings is 3. The Morgan fingerprint density at radius 1 is 0.625 bits per heavy atom. The second-order valence-electron chi connectivity index (χ2n) is 21.3. The molecule has 4 fully saturated rings. The van der Waals surface area contributed by atoms with Crippen LogP contribution in [0, 0.1) is 37.5 Å². The summed E-state index contributed by atoms with van der Waals surface area (Å²) < 4.78 is 26.3. The van der Waals surface area contributed by atoms with Gasteiger partial charge in [0.1, 0.15) is 9.84 Å². The number of hydrogen-bond donors (Lipinski definition) is 5. The minimum atomic E-state index is -2.87. The Morgan fingerprint density at radius 3 is 1.57 bits per heavy atom. The lowest BCUT2D eigenvalue weighted by Crippen LogP contribution is -2.39. The fourth-order valence-electron chi connectivity index (χ4n) is 10.7. The highest BCUT2D eigenvalue weighted by Gasteiger charge is 2.38. The van der Waals surface area contributed by atoms with Gasteiger partial charge in [-0.25, -0.2) is 13.1 Å². The summed E-state index contributed by atoms with van der Waals surface area (Å²) in [6.45, 7) is 19.4. The van der Waals surface area contributed by atoms with Crippen molar-refractivity contribution >= 4 is 55.3 Å². The second kappa shape index (κ2) is 27.5. The van der Waals surface area contributed by atoms with Crippen molar-refractivity contribution in [2.24, 2.45) is 23.7 Å². The molecule has 0 amide bonds. The van der Waals surface area contributed by atoms with Crippen molar-refractivity contribution in [3.63, 3.8) is 0 Å². The van der Waals surface area contributed by atoms with E-state index in [0.717, 1.165) is 116 Å². The summed E-state index contributed by atoms with van der Waals surface area (Å²) in [7, 11) is 3.39. The van der Waals surface area contributed by atoms with E-state index in [0.29, 0.717) is 34.7 Å². The SMILES string of the molecule is C=C(C1CCCN(c2ccncc2N)C1)N(C)C.C=C1[C@H]2CN(c3ccncc3N)CC[C@H]2CN1C.CS(=O)(=O)CC1CCN(c2ccncc2N)CC1.Cc1cccn1-c1ccncc1N.Cc1ccn(-c2ccncc2N)n1. The molecule has 0 bridgehead atoms. The molecule has 0 radical (unpaired) electrons. The van der Waals surface area contributed by atoms with Crippen LogP contribution in [-0.2, 0) is 9.84 Å². The number of nitrogens with two attached hydrogens (primary N) is 5.